The van der Waals surface area contributed by atoms with Crippen LogP contribution in [0.2, 0.25) is 0 Å². The number of ketones is 1. The summed E-state index contributed by atoms with van der Waals surface area (Å²) in [6.45, 7) is 7.36. The number of aryl methyl sites for hydroxylation is 1. The van der Waals surface area contributed by atoms with Crippen LogP contribution in [0.5, 0.6) is 11.5 Å². The van der Waals surface area contributed by atoms with Gasteiger partial charge < -0.3 is 14.4 Å². The summed E-state index contributed by atoms with van der Waals surface area (Å²) in [5.74, 6) is 1.65. The molecule has 0 spiro atoms. The Morgan fingerprint density at radius 1 is 1.13 bits per heavy atom. The lowest BCUT2D eigenvalue weighted by molar-refractivity contribution is -0.134. The van der Waals surface area contributed by atoms with E-state index in [-0.39, 0.29) is 30.3 Å². The van der Waals surface area contributed by atoms with E-state index in [1.54, 1.807) is 0 Å². The van der Waals surface area contributed by atoms with Gasteiger partial charge in [0.05, 0.1) is 18.2 Å². The number of hydrogen-bond donors (Lipinski definition) is 0. The number of Topliss-reactive ketones (excluding diaryl/α,β-unsaturated/α-hetero) is 1. The highest BCUT2D eigenvalue weighted by Gasteiger charge is 2.33. The summed E-state index contributed by atoms with van der Waals surface area (Å²) in [7, 11) is 0. The van der Waals surface area contributed by atoms with Crippen molar-refractivity contribution < 1.29 is 19.1 Å². The zero-order valence-electron chi connectivity index (χ0n) is 17.9. The molecule has 0 aromatic heterocycles. The molecule has 0 saturated carbocycles. The third-order valence-corrected chi connectivity index (χ3v) is 6.19. The summed E-state index contributed by atoms with van der Waals surface area (Å²) in [5, 5.41) is 0. The van der Waals surface area contributed by atoms with Gasteiger partial charge in [0.2, 0.25) is 0 Å². The van der Waals surface area contributed by atoms with Crippen LogP contribution in [-0.4, -0.2) is 36.3 Å². The molecule has 1 fully saturated rings. The molecule has 1 heterocycles. The van der Waals surface area contributed by atoms with Gasteiger partial charge in [-0.05, 0) is 67.5 Å². The molecule has 2 aromatic rings. The van der Waals surface area contributed by atoms with Crippen LogP contribution in [0.3, 0.4) is 0 Å². The van der Waals surface area contributed by atoms with Crippen molar-refractivity contribution in [3.05, 3.63) is 58.7 Å². The summed E-state index contributed by atoms with van der Waals surface area (Å²) >= 11 is 0. The van der Waals surface area contributed by atoms with E-state index < -0.39 is 0 Å². The third-order valence-electron chi connectivity index (χ3n) is 6.19. The fraction of sp³-hybridized carbons (Fsp3) is 0.440. The minimum Gasteiger partial charge on any atom is -0.494 e. The quantitative estimate of drug-likeness (QED) is 0.688. The highest BCUT2D eigenvalue weighted by atomic mass is 16.5. The van der Waals surface area contributed by atoms with Gasteiger partial charge in [-0.25, -0.2) is 0 Å². The van der Waals surface area contributed by atoms with Crippen molar-refractivity contribution in [1.82, 2.24) is 4.90 Å². The Hall–Kier alpha value is -2.82. The van der Waals surface area contributed by atoms with Crippen molar-refractivity contribution in [2.75, 3.05) is 19.8 Å². The number of likely N-dealkylation sites (tertiary alicyclic amines) is 1. The maximum absolute atomic E-state index is 13.0. The van der Waals surface area contributed by atoms with Crippen molar-refractivity contribution >= 4 is 11.7 Å². The fourth-order valence-corrected chi connectivity index (χ4v) is 4.82. The minimum atomic E-state index is -0.0509. The van der Waals surface area contributed by atoms with Crippen LogP contribution in [0.4, 0.5) is 0 Å². The Kier molecular flexibility index (Phi) is 5.80. The number of carbonyl (C=O) groups excluding carboxylic acids is 2. The molecule has 5 nitrogen and oxygen atoms in total. The maximum Gasteiger partial charge on any atom is 0.261 e. The average molecular weight is 408 g/mol. The molecule has 4 rings (SSSR count). The zero-order valence-corrected chi connectivity index (χ0v) is 17.9. The van der Waals surface area contributed by atoms with Crippen molar-refractivity contribution in [3.63, 3.8) is 0 Å². The van der Waals surface area contributed by atoms with Gasteiger partial charge in [0.25, 0.3) is 5.91 Å². The van der Waals surface area contributed by atoms with E-state index in [1.165, 1.54) is 0 Å². The predicted octanol–water partition coefficient (Wildman–Crippen LogP) is 4.83. The first-order valence-corrected chi connectivity index (χ1v) is 10.8. The first kappa shape index (κ1) is 20.5. The number of hydrogen-bond acceptors (Lipinski definition) is 4. The largest absolute Gasteiger partial charge is 0.494 e. The Morgan fingerprint density at radius 3 is 2.63 bits per heavy atom. The summed E-state index contributed by atoms with van der Waals surface area (Å²) in [5.41, 5.74) is 3.96. The zero-order chi connectivity index (χ0) is 21.3. The van der Waals surface area contributed by atoms with Crippen molar-refractivity contribution in [2.45, 2.75) is 52.0 Å². The average Bonchev–Trinajstić information content (AvgIpc) is 3.33. The number of ether oxygens (including phenoxy) is 2. The Bertz CT molecular complexity index is 950. The van der Waals surface area contributed by atoms with E-state index >= 15 is 0 Å². The predicted molar refractivity (Wildman–Crippen MR) is 115 cm³/mol. The van der Waals surface area contributed by atoms with E-state index in [0.717, 1.165) is 41.8 Å². The number of benzene rings is 2. The SMILES string of the molecule is CCOc1ccc([C@@H]2CCCN2C(=O)COc2ccc(C)c3c2C(=O)C[C@H]3C)cc1. The third kappa shape index (κ3) is 3.81. The molecule has 2 atom stereocenters. The fourth-order valence-electron chi connectivity index (χ4n) is 4.82. The molecule has 30 heavy (non-hydrogen) atoms. The molecule has 0 N–H and O–H groups in total. The second-order valence-corrected chi connectivity index (χ2v) is 8.23. The maximum atomic E-state index is 13.0. The molecule has 1 saturated heterocycles. The molecule has 1 aliphatic carbocycles. The number of nitrogens with zero attached hydrogens (tertiary/aromatic N) is 1. The van der Waals surface area contributed by atoms with E-state index in [1.807, 2.05) is 55.1 Å². The van der Waals surface area contributed by atoms with Gasteiger partial charge in [0, 0.05) is 13.0 Å². The molecule has 2 aromatic carbocycles. The van der Waals surface area contributed by atoms with Crippen LogP contribution >= 0.6 is 0 Å². The van der Waals surface area contributed by atoms with Crippen LogP contribution in [0.1, 0.15) is 72.1 Å². The summed E-state index contributed by atoms with van der Waals surface area (Å²) in [6.07, 6.45) is 2.42. The molecule has 1 aliphatic heterocycles. The second kappa shape index (κ2) is 8.50. The standard InChI is InChI=1S/C25H29NO4/c1-4-29-19-10-8-18(9-11-19)20-6-5-13-26(20)23(28)15-30-22-12-7-16(2)24-17(3)14-21(27)25(22)24/h7-12,17,20H,4-6,13-15H2,1-3H3/t17-,20+/m1/s1. The molecule has 1 amide bonds. The lowest BCUT2D eigenvalue weighted by Crippen LogP contribution is -2.34. The lowest BCUT2D eigenvalue weighted by Gasteiger charge is -2.25. The highest BCUT2D eigenvalue weighted by Crippen LogP contribution is 2.40. The van der Waals surface area contributed by atoms with Crippen molar-refractivity contribution in [3.8, 4) is 11.5 Å². The molecule has 158 valence electrons. The first-order chi connectivity index (χ1) is 14.5. The van der Waals surface area contributed by atoms with Gasteiger partial charge in [0.1, 0.15) is 11.5 Å². The Labute approximate surface area is 178 Å². The van der Waals surface area contributed by atoms with E-state index in [9.17, 15) is 9.59 Å². The van der Waals surface area contributed by atoms with Crippen LogP contribution in [0, 0.1) is 6.92 Å². The van der Waals surface area contributed by atoms with Crippen molar-refractivity contribution in [2.24, 2.45) is 0 Å². The molecular weight excluding hydrogens is 378 g/mol. The van der Waals surface area contributed by atoms with Gasteiger partial charge in [-0.2, -0.15) is 0 Å². The number of amides is 1. The van der Waals surface area contributed by atoms with Gasteiger partial charge in [-0.15, -0.1) is 0 Å². The van der Waals surface area contributed by atoms with Crippen LogP contribution in [0.25, 0.3) is 0 Å². The van der Waals surface area contributed by atoms with Gasteiger partial charge in [0.15, 0.2) is 12.4 Å². The van der Waals surface area contributed by atoms with Crippen LogP contribution in [-0.2, 0) is 4.79 Å². The normalized spacial score (nSPS) is 20.4. The monoisotopic (exact) mass is 407 g/mol. The second-order valence-electron chi connectivity index (χ2n) is 8.23. The minimum absolute atomic E-state index is 0.0424. The van der Waals surface area contributed by atoms with Gasteiger partial charge in [-0.1, -0.05) is 25.1 Å². The van der Waals surface area contributed by atoms with Crippen LogP contribution in [0.15, 0.2) is 36.4 Å². The molecule has 0 radical (unpaired) electrons. The van der Waals surface area contributed by atoms with E-state index in [0.29, 0.717) is 24.3 Å². The summed E-state index contributed by atoms with van der Waals surface area (Å²) in [4.78, 5) is 27.3. The molecule has 0 bridgehead atoms. The summed E-state index contributed by atoms with van der Waals surface area (Å²) in [6, 6.07) is 11.8. The van der Waals surface area contributed by atoms with Gasteiger partial charge >= 0.3 is 0 Å². The van der Waals surface area contributed by atoms with E-state index in [4.69, 9.17) is 9.47 Å². The Morgan fingerprint density at radius 2 is 1.90 bits per heavy atom. The highest BCUT2D eigenvalue weighted by molar-refractivity contribution is 6.04. The number of rotatable bonds is 6. The van der Waals surface area contributed by atoms with Crippen molar-refractivity contribution in [1.29, 1.82) is 0 Å². The summed E-state index contributed by atoms with van der Waals surface area (Å²) < 4.78 is 11.4. The first-order valence-electron chi connectivity index (χ1n) is 10.8. The van der Waals surface area contributed by atoms with Gasteiger partial charge in [-0.3, -0.25) is 9.59 Å². The number of fused-ring (bicyclic) bond motifs is 1. The smallest absolute Gasteiger partial charge is 0.261 e. The molecule has 0 unspecified atom stereocenters. The molecular formula is C25H29NO4. The lowest BCUT2D eigenvalue weighted by atomic mass is 9.97. The topological polar surface area (TPSA) is 55.8 Å². The van der Waals surface area contributed by atoms with Crippen LogP contribution < -0.4 is 9.47 Å². The number of carbonyl (C=O) groups is 2. The molecule has 2 aliphatic rings. The Balaban J connectivity index is 1.46. The van der Waals surface area contributed by atoms with E-state index in [2.05, 4.69) is 6.92 Å². The molecule has 5 heteroatoms.